The Hall–Kier alpha value is -1.38. The number of esters is 1. The number of halogens is 1. The van der Waals surface area contributed by atoms with Crippen LogP contribution in [0.1, 0.15) is 37.8 Å². The molecule has 1 atom stereocenters. The summed E-state index contributed by atoms with van der Waals surface area (Å²) in [5.74, 6) is -0.335. The van der Waals surface area contributed by atoms with Gasteiger partial charge in [-0.25, -0.2) is 4.39 Å². The number of alkyl halides is 1. The molecule has 0 radical (unpaired) electrons. The number of benzene rings is 1. The van der Waals surface area contributed by atoms with Gasteiger partial charge in [-0.1, -0.05) is 38.1 Å². The molecular formula is C14H19FO2. The molecule has 1 unspecified atom stereocenters. The molecule has 1 rings (SSSR count). The lowest BCUT2D eigenvalue weighted by atomic mass is 9.97. The number of carbonyl (C=O) groups is 1. The van der Waals surface area contributed by atoms with Crippen LogP contribution in [0.25, 0.3) is 0 Å². The Labute approximate surface area is 102 Å². The first-order valence-corrected chi connectivity index (χ1v) is 5.86. The summed E-state index contributed by atoms with van der Waals surface area (Å²) < 4.78 is 16.2. The smallest absolute Gasteiger partial charge is 0.315 e. The first kappa shape index (κ1) is 13.7. The third-order valence-corrected chi connectivity index (χ3v) is 2.67. The van der Waals surface area contributed by atoms with Gasteiger partial charge in [0.2, 0.25) is 6.86 Å². The lowest BCUT2D eigenvalue weighted by Crippen LogP contribution is -2.12. The van der Waals surface area contributed by atoms with E-state index in [9.17, 15) is 9.18 Å². The highest BCUT2D eigenvalue weighted by molar-refractivity contribution is 5.77. The van der Waals surface area contributed by atoms with Gasteiger partial charge in [0.05, 0.1) is 5.92 Å². The van der Waals surface area contributed by atoms with E-state index < -0.39 is 18.7 Å². The lowest BCUT2D eigenvalue weighted by Gasteiger charge is -2.11. The summed E-state index contributed by atoms with van der Waals surface area (Å²) in [6, 6.07) is 7.83. The Kier molecular flexibility index (Phi) is 5.13. The van der Waals surface area contributed by atoms with Crippen molar-refractivity contribution in [3.05, 3.63) is 35.4 Å². The molecule has 0 fully saturated rings. The summed E-state index contributed by atoms with van der Waals surface area (Å²) in [6.07, 6.45) is 1.02. The van der Waals surface area contributed by atoms with Crippen molar-refractivity contribution in [3.8, 4) is 0 Å². The summed E-state index contributed by atoms with van der Waals surface area (Å²) >= 11 is 0. The van der Waals surface area contributed by atoms with Gasteiger partial charge in [-0.15, -0.1) is 0 Å². The van der Waals surface area contributed by atoms with Gasteiger partial charge in [-0.3, -0.25) is 4.79 Å². The molecule has 0 amide bonds. The highest BCUT2D eigenvalue weighted by atomic mass is 19.1. The molecule has 1 aromatic rings. The molecule has 0 aliphatic rings. The molecule has 3 heteroatoms. The Morgan fingerprint density at radius 1 is 1.24 bits per heavy atom. The van der Waals surface area contributed by atoms with Crippen LogP contribution in [-0.4, -0.2) is 12.8 Å². The maximum Gasteiger partial charge on any atom is 0.315 e. The van der Waals surface area contributed by atoms with Crippen LogP contribution < -0.4 is 0 Å². The van der Waals surface area contributed by atoms with E-state index >= 15 is 0 Å². The molecule has 0 spiro atoms. The van der Waals surface area contributed by atoms with E-state index in [-0.39, 0.29) is 0 Å². The minimum absolute atomic E-state index is 0.418. The number of rotatable bonds is 5. The van der Waals surface area contributed by atoms with Crippen LogP contribution in [0.15, 0.2) is 24.3 Å². The first-order chi connectivity index (χ1) is 8.04. The molecule has 94 valence electrons. The Bertz CT molecular complexity index is 357. The monoisotopic (exact) mass is 238 g/mol. The summed E-state index contributed by atoms with van der Waals surface area (Å²) in [7, 11) is 0. The van der Waals surface area contributed by atoms with Crippen LogP contribution in [0.2, 0.25) is 0 Å². The molecule has 1 aromatic carbocycles. The van der Waals surface area contributed by atoms with Crippen LogP contribution in [0.3, 0.4) is 0 Å². The highest BCUT2D eigenvalue weighted by Crippen LogP contribution is 2.18. The van der Waals surface area contributed by atoms with Crippen molar-refractivity contribution in [2.75, 3.05) is 6.86 Å². The topological polar surface area (TPSA) is 26.3 Å². The Balaban J connectivity index is 2.70. The van der Waals surface area contributed by atoms with Crippen LogP contribution in [-0.2, 0) is 16.0 Å². The van der Waals surface area contributed by atoms with E-state index in [0.29, 0.717) is 5.92 Å². The minimum Gasteiger partial charge on any atom is -0.433 e. The molecule has 17 heavy (non-hydrogen) atoms. The fraction of sp³-hybridized carbons (Fsp3) is 0.500. The molecule has 0 heterocycles. The quantitative estimate of drug-likeness (QED) is 0.734. The van der Waals surface area contributed by atoms with Gasteiger partial charge in [0.25, 0.3) is 0 Å². The second-order valence-electron chi connectivity index (χ2n) is 4.63. The minimum atomic E-state index is -1.06. The van der Waals surface area contributed by atoms with E-state index in [2.05, 4.69) is 18.6 Å². The standard InChI is InChI=1S/C14H19FO2/c1-10(2)8-12-4-6-13(7-5-12)11(3)14(16)17-9-15/h4-7,10-11H,8-9H2,1-3H3. The third-order valence-electron chi connectivity index (χ3n) is 2.67. The number of hydrogen-bond acceptors (Lipinski definition) is 2. The molecule has 0 bridgehead atoms. The zero-order chi connectivity index (χ0) is 12.8. The van der Waals surface area contributed by atoms with Crippen molar-refractivity contribution in [2.24, 2.45) is 5.92 Å². The molecular weight excluding hydrogens is 219 g/mol. The third kappa shape index (κ3) is 4.17. The van der Waals surface area contributed by atoms with Crippen LogP contribution in [0.5, 0.6) is 0 Å². The fourth-order valence-electron chi connectivity index (χ4n) is 1.73. The fourth-order valence-corrected chi connectivity index (χ4v) is 1.73. The van der Waals surface area contributed by atoms with Gasteiger partial charge in [-0.05, 0) is 30.4 Å². The zero-order valence-electron chi connectivity index (χ0n) is 10.6. The molecule has 0 aromatic heterocycles. The van der Waals surface area contributed by atoms with Crippen LogP contribution in [0, 0.1) is 5.92 Å². The summed E-state index contributed by atoms with van der Waals surface area (Å²) in [4.78, 5) is 11.3. The van der Waals surface area contributed by atoms with Gasteiger partial charge >= 0.3 is 5.97 Å². The van der Waals surface area contributed by atoms with Crippen molar-refractivity contribution >= 4 is 5.97 Å². The highest BCUT2D eigenvalue weighted by Gasteiger charge is 2.16. The van der Waals surface area contributed by atoms with E-state index in [0.717, 1.165) is 12.0 Å². The number of ether oxygens (including phenoxy) is 1. The average Bonchev–Trinajstić information content (AvgIpc) is 2.28. The van der Waals surface area contributed by atoms with Crippen LogP contribution >= 0.6 is 0 Å². The Morgan fingerprint density at radius 3 is 2.29 bits per heavy atom. The van der Waals surface area contributed by atoms with E-state index in [1.165, 1.54) is 5.56 Å². The molecule has 0 aliphatic carbocycles. The zero-order valence-corrected chi connectivity index (χ0v) is 10.6. The van der Waals surface area contributed by atoms with Gasteiger partial charge in [0, 0.05) is 0 Å². The second-order valence-corrected chi connectivity index (χ2v) is 4.63. The van der Waals surface area contributed by atoms with Gasteiger partial charge in [0.15, 0.2) is 0 Å². The largest absolute Gasteiger partial charge is 0.433 e. The maximum atomic E-state index is 11.9. The molecule has 0 N–H and O–H groups in total. The normalized spacial score (nSPS) is 12.5. The molecule has 0 saturated heterocycles. The first-order valence-electron chi connectivity index (χ1n) is 5.86. The van der Waals surface area contributed by atoms with Gasteiger partial charge < -0.3 is 4.74 Å². The maximum absolute atomic E-state index is 11.9. The summed E-state index contributed by atoms with van der Waals surface area (Å²) in [6.45, 7) is 4.98. The Morgan fingerprint density at radius 2 is 1.82 bits per heavy atom. The molecule has 0 aliphatic heterocycles. The van der Waals surface area contributed by atoms with E-state index in [4.69, 9.17) is 0 Å². The van der Waals surface area contributed by atoms with Crippen LogP contribution in [0.4, 0.5) is 4.39 Å². The van der Waals surface area contributed by atoms with E-state index in [1.807, 2.05) is 24.3 Å². The average molecular weight is 238 g/mol. The molecule has 0 saturated carbocycles. The second kappa shape index (κ2) is 6.38. The number of carbonyl (C=O) groups excluding carboxylic acids is 1. The van der Waals surface area contributed by atoms with Gasteiger partial charge in [-0.2, -0.15) is 0 Å². The predicted molar refractivity (Wildman–Crippen MR) is 65.5 cm³/mol. The predicted octanol–water partition coefficient (Wildman–Crippen LogP) is 3.46. The van der Waals surface area contributed by atoms with Crippen molar-refractivity contribution < 1.29 is 13.9 Å². The van der Waals surface area contributed by atoms with Crippen molar-refractivity contribution in [1.82, 2.24) is 0 Å². The lowest BCUT2D eigenvalue weighted by molar-refractivity contribution is -0.149. The van der Waals surface area contributed by atoms with Crippen molar-refractivity contribution in [1.29, 1.82) is 0 Å². The summed E-state index contributed by atoms with van der Waals surface area (Å²) in [5.41, 5.74) is 2.10. The van der Waals surface area contributed by atoms with Crippen molar-refractivity contribution in [2.45, 2.75) is 33.1 Å². The van der Waals surface area contributed by atoms with Gasteiger partial charge in [0.1, 0.15) is 0 Å². The summed E-state index contributed by atoms with van der Waals surface area (Å²) in [5, 5.41) is 0. The van der Waals surface area contributed by atoms with Crippen molar-refractivity contribution in [3.63, 3.8) is 0 Å². The number of hydrogen-bond donors (Lipinski definition) is 0. The SMILES string of the molecule is CC(C)Cc1ccc(C(C)C(=O)OCF)cc1. The van der Waals surface area contributed by atoms with E-state index in [1.54, 1.807) is 6.92 Å². The molecule has 2 nitrogen and oxygen atoms in total.